The lowest BCUT2D eigenvalue weighted by Crippen LogP contribution is -2.46. The summed E-state index contributed by atoms with van der Waals surface area (Å²) in [7, 11) is -5.50. The van der Waals surface area contributed by atoms with Crippen LogP contribution in [0.1, 0.15) is 28.8 Å². The Morgan fingerprint density at radius 3 is 2.66 bits per heavy atom. The highest BCUT2D eigenvalue weighted by Gasteiger charge is 2.46. The molecule has 1 fully saturated rings. The van der Waals surface area contributed by atoms with Crippen molar-refractivity contribution in [2.24, 2.45) is 0 Å². The quantitative estimate of drug-likeness (QED) is 0.478. The maximum atomic E-state index is 13.4. The van der Waals surface area contributed by atoms with Crippen LogP contribution in [0.5, 0.6) is 0 Å². The number of carbonyl (C=O) groups is 1. The number of hydrogen-bond donors (Lipinski definition) is 2. The molecule has 0 spiro atoms. The molecule has 4 rings (SSSR count). The topological polar surface area (TPSA) is 91.4 Å². The second kappa shape index (κ2) is 9.42. The number of benzene rings is 2. The molecule has 12 heteroatoms. The molecule has 1 aromatic heterocycles. The second-order valence-corrected chi connectivity index (χ2v) is 10.0. The summed E-state index contributed by atoms with van der Waals surface area (Å²) in [6.45, 7) is 1.50. The van der Waals surface area contributed by atoms with E-state index in [-0.39, 0.29) is 12.4 Å². The first-order chi connectivity index (χ1) is 16.5. The number of likely N-dealkylation sites (tertiary alicyclic amines) is 1. The highest BCUT2D eigenvalue weighted by molar-refractivity contribution is 7.90. The average Bonchev–Trinajstić information content (AvgIpc) is 3.27. The molecule has 186 valence electrons. The SMILES string of the molecule is Cc1cc(F)ccc1Nc1ccc2nccc(C(=O)N3CCC[C@H]3CNS(=O)(=O)C(F)(F)F)c2c1. The van der Waals surface area contributed by atoms with Gasteiger partial charge >= 0.3 is 15.5 Å². The van der Waals surface area contributed by atoms with Crippen molar-refractivity contribution in [3.05, 3.63) is 65.6 Å². The first kappa shape index (κ1) is 24.9. The molecule has 2 N–H and O–H groups in total. The second-order valence-electron chi connectivity index (χ2n) is 8.27. The van der Waals surface area contributed by atoms with Crippen molar-refractivity contribution in [1.29, 1.82) is 0 Å². The molecule has 0 saturated carbocycles. The van der Waals surface area contributed by atoms with Crippen molar-refractivity contribution in [3.8, 4) is 0 Å². The predicted octanol–water partition coefficient (Wildman–Crippen LogP) is 4.47. The summed E-state index contributed by atoms with van der Waals surface area (Å²) in [4.78, 5) is 19.1. The normalized spacial score (nSPS) is 16.6. The summed E-state index contributed by atoms with van der Waals surface area (Å²) < 4.78 is 75.8. The standard InChI is InChI=1S/C23H22F4N4O3S/c1-14-11-15(24)4-6-20(14)30-16-5-7-21-19(12-16)18(8-9-28-21)22(32)31-10-2-3-17(31)13-29-35(33,34)23(25,26)27/h4-9,11-12,17,29-30H,2-3,10,13H2,1H3/t17-/m0/s1. The Bertz CT molecular complexity index is 1380. The number of halogens is 4. The van der Waals surface area contributed by atoms with Crippen LogP contribution in [-0.4, -0.2) is 48.8 Å². The number of nitrogens with zero attached hydrogens (tertiary/aromatic N) is 2. The number of carbonyl (C=O) groups excluding carboxylic acids is 1. The zero-order chi connectivity index (χ0) is 25.4. The van der Waals surface area contributed by atoms with Gasteiger partial charge in [-0.25, -0.2) is 17.5 Å². The third-order valence-electron chi connectivity index (χ3n) is 5.89. The minimum atomic E-state index is -5.50. The van der Waals surface area contributed by atoms with Gasteiger partial charge in [-0.1, -0.05) is 0 Å². The summed E-state index contributed by atoms with van der Waals surface area (Å²) in [6.07, 6.45) is 2.36. The van der Waals surface area contributed by atoms with Gasteiger partial charge < -0.3 is 10.2 Å². The molecule has 1 aliphatic rings. The van der Waals surface area contributed by atoms with Gasteiger partial charge in [-0.15, -0.1) is 0 Å². The van der Waals surface area contributed by atoms with E-state index in [0.29, 0.717) is 46.2 Å². The number of aryl methyl sites for hydroxylation is 1. The molecule has 3 aromatic rings. The molecule has 0 aliphatic carbocycles. The molecule has 2 aromatic carbocycles. The number of aromatic nitrogens is 1. The van der Waals surface area contributed by atoms with Gasteiger partial charge in [0.25, 0.3) is 5.91 Å². The van der Waals surface area contributed by atoms with Crippen LogP contribution in [0.3, 0.4) is 0 Å². The monoisotopic (exact) mass is 510 g/mol. The van der Waals surface area contributed by atoms with Gasteiger partial charge in [-0.05, 0) is 67.8 Å². The van der Waals surface area contributed by atoms with Gasteiger partial charge in [0.2, 0.25) is 0 Å². The maximum absolute atomic E-state index is 13.4. The molecule has 2 heterocycles. The molecule has 0 bridgehead atoms. The first-order valence-corrected chi connectivity index (χ1v) is 12.2. The molecule has 1 atom stereocenters. The van der Waals surface area contributed by atoms with Crippen molar-refractivity contribution in [2.75, 3.05) is 18.4 Å². The molecule has 35 heavy (non-hydrogen) atoms. The third-order valence-corrected chi connectivity index (χ3v) is 7.05. The van der Waals surface area contributed by atoms with Crippen molar-refractivity contribution < 1.29 is 30.8 Å². The molecule has 1 aliphatic heterocycles. The van der Waals surface area contributed by atoms with Crippen LogP contribution in [0, 0.1) is 12.7 Å². The summed E-state index contributed by atoms with van der Waals surface area (Å²) in [5, 5.41) is 3.70. The van der Waals surface area contributed by atoms with E-state index in [1.807, 2.05) is 0 Å². The van der Waals surface area contributed by atoms with Gasteiger partial charge in [0.15, 0.2) is 0 Å². The van der Waals surface area contributed by atoms with Crippen LogP contribution < -0.4 is 10.0 Å². The molecule has 1 saturated heterocycles. The van der Waals surface area contributed by atoms with Crippen molar-refractivity contribution >= 4 is 38.2 Å². The molecule has 0 unspecified atom stereocenters. The third kappa shape index (κ3) is 5.22. The van der Waals surface area contributed by atoms with E-state index in [1.54, 1.807) is 35.9 Å². The number of alkyl halides is 3. The van der Waals surface area contributed by atoms with Crippen LogP contribution in [0.2, 0.25) is 0 Å². The van der Waals surface area contributed by atoms with E-state index >= 15 is 0 Å². The van der Waals surface area contributed by atoms with Gasteiger partial charge in [-0.3, -0.25) is 9.78 Å². The fourth-order valence-corrected chi connectivity index (χ4v) is 4.67. The Morgan fingerprint density at radius 2 is 1.94 bits per heavy atom. The highest BCUT2D eigenvalue weighted by Crippen LogP contribution is 2.29. The lowest BCUT2D eigenvalue weighted by Gasteiger charge is -2.25. The van der Waals surface area contributed by atoms with Gasteiger partial charge in [-0.2, -0.15) is 13.2 Å². The Kier molecular flexibility index (Phi) is 6.69. The van der Waals surface area contributed by atoms with E-state index in [0.717, 1.165) is 0 Å². The summed E-state index contributed by atoms with van der Waals surface area (Å²) in [6, 6.07) is 10.3. The van der Waals surface area contributed by atoms with Crippen molar-refractivity contribution in [2.45, 2.75) is 31.3 Å². The average molecular weight is 511 g/mol. The summed E-state index contributed by atoms with van der Waals surface area (Å²) in [5.74, 6) is -0.789. The lowest BCUT2D eigenvalue weighted by molar-refractivity contribution is -0.0448. The van der Waals surface area contributed by atoms with Gasteiger partial charge in [0.05, 0.1) is 11.1 Å². The predicted molar refractivity (Wildman–Crippen MR) is 123 cm³/mol. The number of sulfonamides is 1. The van der Waals surface area contributed by atoms with Crippen LogP contribution in [0.4, 0.5) is 28.9 Å². The van der Waals surface area contributed by atoms with E-state index in [1.165, 1.54) is 29.3 Å². The lowest BCUT2D eigenvalue weighted by atomic mass is 10.1. The number of anilines is 2. The molecule has 1 amide bonds. The Balaban J connectivity index is 1.59. The van der Waals surface area contributed by atoms with Crippen LogP contribution >= 0.6 is 0 Å². The van der Waals surface area contributed by atoms with E-state index in [4.69, 9.17) is 0 Å². The fourth-order valence-electron chi connectivity index (χ4n) is 4.09. The number of nitrogens with one attached hydrogen (secondary N) is 2. The maximum Gasteiger partial charge on any atom is 0.511 e. The Labute approximate surface area is 199 Å². The van der Waals surface area contributed by atoms with Crippen LogP contribution in [0.15, 0.2) is 48.7 Å². The summed E-state index contributed by atoms with van der Waals surface area (Å²) in [5.41, 5.74) is -2.60. The minimum absolute atomic E-state index is 0.285. The summed E-state index contributed by atoms with van der Waals surface area (Å²) >= 11 is 0. The van der Waals surface area contributed by atoms with Crippen molar-refractivity contribution in [1.82, 2.24) is 14.6 Å². The number of amides is 1. The highest BCUT2D eigenvalue weighted by atomic mass is 32.2. The smallest absolute Gasteiger partial charge is 0.355 e. The minimum Gasteiger partial charge on any atom is -0.355 e. The fraction of sp³-hybridized carbons (Fsp3) is 0.304. The zero-order valence-electron chi connectivity index (χ0n) is 18.6. The van der Waals surface area contributed by atoms with Crippen molar-refractivity contribution in [3.63, 3.8) is 0 Å². The molecule has 7 nitrogen and oxygen atoms in total. The molecule has 0 radical (unpaired) electrons. The van der Waals surface area contributed by atoms with Crippen LogP contribution in [-0.2, 0) is 10.0 Å². The van der Waals surface area contributed by atoms with E-state index < -0.39 is 34.0 Å². The largest absolute Gasteiger partial charge is 0.511 e. The zero-order valence-corrected chi connectivity index (χ0v) is 19.4. The molecular formula is C23H22F4N4O3S. The number of hydrogen-bond acceptors (Lipinski definition) is 5. The first-order valence-electron chi connectivity index (χ1n) is 10.7. The number of fused-ring (bicyclic) bond motifs is 1. The van der Waals surface area contributed by atoms with E-state index in [2.05, 4.69) is 10.3 Å². The Morgan fingerprint density at radius 1 is 1.17 bits per heavy atom. The number of rotatable bonds is 6. The Hall–Kier alpha value is -3.25. The van der Waals surface area contributed by atoms with Gasteiger partial charge in [0, 0.05) is 42.1 Å². The van der Waals surface area contributed by atoms with Gasteiger partial charge in [0.1, 0.15) is 5.82 Å². The van der Waals surface area contributed by atoms with Crippen LogP contribution in [0.25, 0.3) is 10.9 Å². The number of pyridine rings is 1. The molecular weight excluding hydrogens is 488 g/mol. The van der Waals surface area contributed by atoms with E-state index in [9.17, 15) is 30.8 Å².